The van der Waals surface area contributed by atoms with E-state index in [0.29, 0.717) is 12.8 Å². The van der Waals surface area contributed by atoms with Gasteiger partial charge >= 0.3 is 11.9 Å². The summed E-state index contributed by atoms with van der Waals surface area (Å²) in [5.41, 5.74) is 3.04. The Morgan fingerprint density at radius 2 is 1.45 bits per heavy atom. The molecule has 0 aliphatic rings. The fraction of sp³-hybridized carbons (Fsp3) is 0.444. The second kappa shape index (κ2) is 18.1. The number of hydrogen-bond acceptors (Lipinski definition) is 5. The molecule has 0 amide bonds. The van der Waals surface area contributed by atoms with Crippen LogP contribution in [0.3, 0.4) is 0 Å². The lowest BCUT2D eigenvalue weighted by Crippen LogP contribution is -2.24. The molecule has 0 bridgehead atoms. The standard InChI is InChI=1S/C36H45FO5/c1-4-6-7-8-9-13-19-33(40-35(38)27(3)5-2)24-25-34(41-42-36(39)31-17-14-18-32(37)26-31)30-22-20-29(21-23-30)28-15-11-10-12-16-28/h10-12,14-18,20-23,26-27,33-34H,4-9,13,19,24-25H2,1-3H3/t27-,33?,34?/m0/s1. The molecule has 0 aliphatic carbocycles. The van der Waals surface area contributed by atoms with Crippen LogP contribution < -0.4 is 0 Å². The van der Waals surface area contributed by atoms with Gasteiger partial charge in [0.25, 0.3) is 0 Å². The van der Waals surface area contributed by atoms with Crippen molar-refractivity contribution in [1.82, 2.24) is 0 Å². The Bertz CT molecular complexity index is 1210. The molecule has 0 heterocycles. The van der Waals surface area contributed by atoms with E-state index in [9.17, 15) is 14.0 Å². The van der Waals surface area contributed by atoms with Crippen molar-refractivity contribution in [3.05, 3.63) is 95.8 Å². The number of hydrogen-bond donors (Lipinski definition) is 0. The highest BCUT2D eigenvalue weighted by atomic mass is 19.1. The largest absolute Gasteiger partial charge is 0.462 e. The van der Waals surface area contributed by atoms with Gasteiger partial charge in [-0.15, -0.1) is 0 Å². The molecule has 6 heteroatoms. The number of unbranched alkanes of at least 4 members (excludes halogenated alkanes) is 5. The summed E-state index contributed by atoms with van der Waals surface area (Å²) in [5, 5.41) is 0. The average Bonchev–Trinajstić information content (AvgIpc) is 3.02. The van der Waals surface area contributed by atoms with Crippen LogP contribution in [-0.2, 0) is 19.3 Å². The molecule has 3 aromatic carbocycles. The Kier molecular flexibility index (Phi) is 14.2. The third kappa shape index (κ3) is 11.1. The summed E-state index contributed by atoms with van der Waals surface area (Å²) in [6.07, 6.45) is 8.58. The summed E-state index contributed by atoms with van der Waals surface area (Å²) in [7, 11) is 0. The van der Waals surface area contributed by atoms with Crippen LogP contribution in [0.1, 0.15) is 107 Å². The molecule has 0 N–H and O–H groups in total. The van der Waals surface area contributed by atoms with Crippen LogP contribution in [0.4, 0.5) is 4.39 Å². The molecule has 0 fully saturated rings. The van der Waals surface area contributed by atoms with E-state index in [4.69, 9.17) is 14.5 Å². The lowest BCUT2D eigenvalue weighted by molar-refractivity contribution is -0.279. The molecule has 3 rings (SSSR count). The molecule has 0 saturated heterocycles. The SMILES string of the molecule is CCCCCCCCC(CCC(OOC(=O)c1cccc(F)c1)c1ccc(-c2ccccc2)cc1)OC(=O)[C@@H](C)CC. The van der Waals surface area contributed by atoms with Gasteiger partial charge in [0.15, 0.2) is 0 Å². The summed E-state index contributed by atoms with van der Waals surface area (Å²) in [6.45, 7) is 6.06. The van der Waals surface area contributed by atoms with Crippen molar-refractivity contribution in [2.75, 3.05) is 0 Å². The Morgan fingerprint density at radius 3 is 2.14 bits per heavy atom. The fourth-order valence-electron chi connectivity index (χ4n) is 4.76. The first kappa shape index (κ1) is 33.0. The molecule has 3 aromatic rings. The maximum absolute atomic E-state index is 13.7. The van der Waals surface area contributed by atoms with Gasteiger partial charge in [0.05, 0.1) is 11.5 Å². The number of rotatable bonds is 18. The molecule has 0 aromatic heterocycles. The van der Waals surface area contributed by atoms with E-state index in [1.54, 1.807) is 0 Å². The summed E-state index contributed by atoms with van der Waals surface area (Å²) in [4.78, 5) is 36.2. The summed E-state index contributed by atoms with van der Waals surface area (Å²) in [6, 6.07) is 23.3. The van der Waals surface area contributed by atoms with Gasteiger partial charge in [-0.1, -0.05) is 114 Å². The van der Waals surface area contributed by atoms with E-state index in [1.807, 2.05) is 68.4 Å². The van der Waals surface area contributed by atoms with E-state index in [1.165, 1.54) is 43.9 Å². The molecule has 2 unspecified atom stereocenters. The molecular formula is C36H45FO5. The summed E-state index contributed by atoms with van der Waals surface area (Å²) in [5.74, 6) is -1.65. The van der Waals surface area contributed by atoms with E-state index >= 15 is 0 Å². The zero-order valence-electron chi connectivity index (χ0n) is 25.2. The Morgan fingerprint density at radius 1 is 0.762 bits per heavy atom. The Balaban J connectivity index is 1.73. The molecule has 3 atom stereocenters. The highest BCUT2D eigenvalue weighted by Gasteiger charge is 2.23. The summed E-state index contributed by atoms with van der Waals surface area (Å²) < 4.78 is 19.6. The minimum absolute atomic E-state index is 0.0663. The van der Waals surface area contributed by atoms with Crippen molar-refractivity contribution in [2.24, 2.45) is 5.92 Å². The second-order valence-electron chi connectivity index (χ2n) is 11.0. The minimum Gasteiger partial charge on any atom is -0.462 e. The van der Waals surface area contributed by atoms with Gasteiger partial charge in [-0.3, -0.25) is 9.68 Å². The van der Waals surface area contributed by atoms with Crippen molar-refractivity contribution in [3.63, 3.8) is 0 Å². The smallest absolute Gasteiger partial charge is 0.373 e. The second-order valence-corrected chi connectivity index (χ2v) is 11.0. The Labute approximate surface area is 250 Å². The van der Waals surface area contributed by atoms with Crippen LogP contribution in [0.5, 0.6) is 0 Å². The van der Waals surface area contributed by atoms with Crippen LogP contribution in [-0.4, -0.2) is 18.0 Å². The predicted molar refractivity (Wildman–Crippen MR) is 164 cm³/mol. The highest BCUT2D eigenvalue weighted by Crippen LogP contribution is 2.29. The van der Waals surface area contributed by atoms with E-state index in [0.717, 1.165) is 48.4 Å². The molecular weight excluding hydrogens is 531 g/mol. The lowest BCUT2D eigenvalue weighted by atomic mass is 9.97. The van der Waals surface area contributed by atoms with Crippen molar-refractivity contribution < 1.29 is 28.5 Å². The summed E-state index contributed by atoms with van der Waals surface area (Å²) >= 11 is 0. The normalized spacial score (nSPS) is 13.2. The molecule has 226 valence electrons. The van der Waals surface area contributed by atoms with Crippen LogP contribution in [0.2, 0.25) is 0 Å². The van der Waals surface area contributed by atoms with Crippen molar-refractivity contribution in [1.29, 1.82) is 0 Å². The van der Waals surface area contributed by atoms with Gasteiger partial charge in [0.1, 0.15) is 18.0 Å². The van der Waals surface area contributed by atoms with E-state index in [-0.39, 0.29) is 23.6 Å². The van der Waals surface area contributed by atoms with Crippen molar-refractivity contribution in [2.45, 2.75) is 97.2 Å². The van der Waals surface area contributed by atoms with Gasteiger partial charge in [-0.2, -0.15) is 4.89 Å². The van der Waals surface area contributed by atoms with Crippen LogP contribution in [0.25, 0.3) is 11.1 Å². The maximum atomic E-state index is 13.7. The van der Waals surface area contributed by atoms with Crippen molar-refractivity contribution >= 4 is 11.9 Å². The van der Waals surface area contributed by atoms with Gasteiger partial charge in [0, 0.05) is 0 Å². The monoisotopic (exact) mass is 576 g/mol. The average molecular weight is 577 g/mol. The fourth-order valence-corrected chi connectivity index (χ4v) is 4.76. The van der Waals surface area contributed by atoms with Gasteiger partial charge in [-0.05, 0) is 67.0 Å². The maximum Gasteiger partial charge on any atom is 0.373 e. The first-order chi connectivity index (χ1) is 20.4. The zero-order chi connectivity index (χ0) is 30.2. The van der Waals surface area contributed by atoms with E-state index in [2.05, 4.69) is 6.92 Å². The van der Waals surface area contributed by atoms with Crippen LogP contribution in [0.15, 0.2) is 78.9 Å². The van der Waals surface area contributed by atoms with Gasteiger partial charge in [-0.25, -0.2) is 9.18 Å². The van der Waals surface area contributed by atoms with E-state index < -0.39 is 17.9 Å². The number of ether oxygens (including phenoxy) is 1. The Hall–Kier alpha value is -3.51. The quantitative estimate of drug-likeness (QED) is 0.0653. The lowest BCUT2D eigenvalue weighted by Gasteiger charge is -2.23. The van der Waals surface area contributed by atoms with Gasteiger partial charge in [0.2, 0.25) is 0 Å². The first-order valence-electron chi connectivity index (χ1n) is 15.4. The van der Waals surface area contributed by atoms with Gasteiger partial charge < -0.3 is 4.74 Å². The third-order valence-corrected chi connectivity index (χ3v) is 7.62. The van der Waals surface area contributed by atoms with Crippen LogP contribution in [0, 0.1) is 11.7 Å². The van der Waals surface area contributed by atoms with Crippen molar-refractivity contribution in [3.8, 4) is 11.1 Å². The topological polar surface area (TPSA) is 61.8 Å². The zero-order valence-corrected chi connectivity index (χ0v) is 25.2. The number of benzene rings is 3. The van der Waals surface area contributed by atoms with Crippen LogP contribution >= 0.6 is 0 Å². The number of carbonyl (C=O) groups excluding carboxylic acids is 2. The minimum atomic E-state index is -0.771. The third-order valence-electron chi connectivity index (χ3n) is 7.62. The first-order valence-corrected chi connectivity index (χ1v) is 15.4. The number of halogens is 1. The molecule has 0 spiro atoms. The number of carbonyl (C=O) groups is 2. The predicted octanol–water partition coefficient (Wildman–Crippen LogP) is 9.81. The molecule has 42 heavy (non-hydrogen) atoms. The molecule has 0 aliphatic heterocycles. The highest BCUT2D eigenvalue weighted by molar-refractivity contribution is 5.88. The molecule has 0 saturated carbocycles. The number of esters is 1. The molecule has 5 nitrogen and oxygen atoms in total. The molecule has 0 radical (unpaired) electrons.